The highest BCUT2D eigenvalue weighted by atomic mass is 16.5. The molecule has 23 heavy (non-hydrogen) atoms. The van der Waals surface area contributed by atoms with Crippen LogP contribution < -0.4 is 4.74 Å². The molecule has 5 nitrogen and oxygen atoms in total. The Hall–Kier alpha value is -2.92. The lowest BCUT2D eigenvalue weighted by Crippen LogP contribution is -2.08. The summed E-state index contributed by atoms with van der Waals surface area (Å²) < 4.78 is 9.84. The summed E-state index contributed by atoms with van der Waals surface area (Å²) in [4.78, 5) is 22.8. The molecule has 0 fully saturated rings. The van der Waals surface area contributed by atoms with E-state index in [1.807, 2.05) is 12.1 Å². The second-order valence-corrected chi connectivity index (χ2v) is 4.59. The molecule has 0 atom stereocenters. The number of carbonyl (C=O) groups excluding carboxylic acids is 2. The minimum absolute atomic E-state index is 0.0223. The van der Waals surface area contributed by atoms with Crippen LogP contribution in [0.1, 0.15) is 10.4 Å². The number of ether oxygens (including phenoxy) is 2. The fourth-order valence-corrected chi connectivity index (χ4v) is 1.89. The minimum Gasteiger partial charge on any atom is -0.460 e. The normalized spacial score (nSPS) is 9.96. The number of aliphatic hydroxyl groups is 1. The van der Waals surface area contributed by atoms with Gasteiger partial charge in [-0.05, 0) is 35.4 Å². The molecule has 2 rings (SSSR count). The van der Waals surface area contributed by atoms with Gasteiger partial charge in [-0.15, -0.1) is 0 Å². The lowest BCUT2D eigenvalue weighted by molar-refractivity contribution is -0.128. The summed E-state index contributed by atoms with van der Waals surface area (Å²) in [6.07, 6.45) is 1.10. The van der Waals surface area contributed by atoms with Gasteiger partial charge in [-0.2, -0.15) is 0 Å². The van der Waals surface area contributed by atoms with Gasteiger partial charge in [0.25, 0.3) is 0 Å². The molecule has 0 aliphatic heterocycles. The van der Waals surface area contributed by atoms with Gasteiger partial charge in [-0.3, -0.25) is 0 Å². The Bertz CT molecular complexity index is 686. The molecule has 0 bridgehead atoms. The van der Waals surface area contributed by atoms with E-state index in [0.29, 0.717) is 11.3 Å². The first kappa shape index (κ1) is 16.5. The Morgan fingerprint density at radius 3 is 2.09 bits per heavy atom. The molecule has 118 valence electrons. The quantitative estimate of drug-likeness (QED) is 0.504. The zero-order chi connectivity index (χ0) is 16.7. The number of hydrogen-bond acceptors (Lipinski definition) is 5. The van der Waals surface area contributed by atoms with E-state index in [9.17, 15) is 9.59 Å². The predicted molar refractivity (Wildman–Crippen MR) is 85.1 cm³/mol. The molecule has 0 aromatic heterocycles. The molecule has 0 heterocycles. The van der Waals surface area contributed by atoms with Gasteiger partial charge in [0.2, 0.25) is 0 Å². The van der Waals surface area contributed by atoms with E-state index in [0.717, 1.165) is 17.2 Å². The van der Waals surface area contributed by atoms with Crippen LogP contribution in [0, 0.1) is 0 Å². The molecular formula is C18H16O5. The van der Waals surface area contributed by atoms with Crippen molar-refractivity contribution in [1.29, 1.82) is 0 Å². The topological polar surface area (TPSA) is 72.8 Å². The van der Waals surface area contributed by atoms with Crippen molar-refractivity contribution in [3.05, 3.63) is 66.7 Å². The molecule has 2 aromatic rings. The zero-order valence-corrected chi connectivity index (χ0v) is 12.4. The summed E-state index contributed by atoms with van der Waals surface area (Å²) in [7, 11) is 0. The Morgan fingerprint density at radius 2 is 1.57 bits per heavy atom. The second-order valence-electron chi connectivity index (χ2n) is 4.59. The van der Waals surface area contributed by atoms with Crippen molar-refractivity contribution < 1.29 is 24.2 Å². The highest BCUT2D eigenvalue weighted by Crippen LogP contribution is 2.23. The number of aliphatic hydroxyl groups excluding tert-OH is 1. The molecule has 0 saturated heterocycles. The Morgan fingerprint density at radius 1 is 1.00 bits per heavy atom. The van der Waals surface area contributed by atoms with E-state index >= 15 is 0 Å². The van der Waals surface area contributed by atoms with Crippen LogP contribution >= 0.6 is 0 Å². The van der Waals surface area contributed by atoms with Crippen LogP contribution in [-0.2, 0) is 9.53 Å². The highest BCUT2D eigenvalue weighted by Gasteiger charge is 2.07. The van der Waals surface area contributed by atoms with Crippen LogP contribution in [0.2, 0.25) is 0 Å². The molecule has 0 saturated carbocycles. The predicted octanol–water partition coefficient (Wildman–Crippen LogP) is 2.59. The third kappa shape index (κ3) is 4.52. The van der Waals surface area contributed by atoms with Crippen LogP contribution in [0.4, 0.5) is 0 Å². The molecule has 0 aliphatic carbocycles. The van der Waals surface area contributed by atoms with Crippen molar-refractivity contribution in [1.82, 2.24) is 0 Å². The van der Waals surface area contributed by atoms with Gasteiger partial charge < -0.3 is 14.6 Å². The summed E-state index contributed by atoms with van der Waals surface area (Å²) in [6.45, 7) is 3.11. The largest absolute Gasteiger partial charge is 0.460 e. The third-order valence-electron chi connectivity index (χ3n) is 3.02. The molecule has 0 unspecified atom stereocenters. The van der Waals surface area contributed by atoms with Gasteiger partial charge in [0.05, 0.1) is 12.2 Å². The van der Waals surface area contributed by atoms with Crippen molar-refractivity contribution in [3.8, 4) is 16.9 Å². The van der Waals surface area contributed by atoms with Crippen molar-refractivity contribution in [2.45, 2.75) is 0 Å². The van der Waals surface area contributed by atoms with Gasteiger partial charge in [0.15, 0.2) is 0 Å². The smallest absolute Gasteiger partial charge is 0.338 e. The van der Waals surface area contributed by atoms with E-state index < -0.39 is 11.9 Å². The standard InChI is InChI=1S/C18H16O5/c1-2-17(20)23-16-9-7-14(8-10-16)13-3-5-15(6-4-13)18(21)22-12-11-19/h2-10,19H,1,11-12H2. The molecule has 5 heteroatoms. The average molecular weight is 312 g/mol. The van der Waals surface area contributed by atoms with Gasteiger partial charge in [-0.1, -0.05) is 30.8 Å². The zero-order valence-electron chi connectivity index (χ0n) is 12.4. The summed E-state index contributed by atoms with van der Waals surface area (Å²) in [5, 5.41) is 8.63. The maximum Gasteiger partial charge on any atom is 0.338 e. The number of benzene rings is 2. The van der Waals surface area contributed by atoms with Gasteiger partial charge in [0.1, 0.15) is 12.4 Å². The van der Waals surface area contributed by atoms with Crippen LogP contribution in [0.15, 0.2) is 61.2 Å². The molecule has 2 aromatic carbocycles. The van der Waals surface area contributed by atoms with Crippen LogP contribution in [0.25, 0.3) is 11.1 Å². The van der Waals surface area contributed by atoms with Gasteiger partial charge >= 0.3 is 11.9 Å². The third-order valence-corrected chi connectivity index (χ3v) is 3.02. The lowest BCUT2D eigenvalue weighted by Gasteiger charge is -2.06. The summed E-state index contributed by atoms with van der Waals surface area (Å²) in [6, 6.07) is 13.9. The Kier molecular flexibility index (Phi) is 5.66. The number of rotatable bonds is 6. The fraction of sp³-hybridized carbons (Fsp3) is 0.111. The van der Waals surface area contributed by atoms with Crippen molar-refractivity contribution in [2.24, 2.45) is 0 Å². The van der Waals surface area contributed by atoms with Crippen molar-refractivity contribution in [2.75, 3.05) is 13.2 Å². The molecule has 0 radical (unpaired) electrons. The molecule has 0 amide bonds. The van der Waals surface area contributed by atoms with Crippen molar-refractivity contribution in [3.63, 3.8) is 0 Å². The van der Waals surface area contributed by atoms with Gasteiger partial charge in [-0.25, -0.2) is 9.59 Å². The van der Waals surface area contributed by atoms with Crippen LogP contribution in [-0.4, -0.2) is 30.3 Å². The first-order chi connectivity index (χ1) is 11.1. The summed E-state index contributed by atoms with van der Waals surface area (Å²) in [5.74, 6) is -0.552. The van der Waals surface area contributed by atoms with E-state index in [-0.39, 0.29) is 13.2 Å². The minimum atomic E-state index is -0.511. The lowest BCUT2D eigenvalue weighted by atomic mass is 10.0. The molecule has 1 N–H and O–H groups in total. The molecular weight excluding hydrogens is 296 g/mol. The summed E-state index contributed by atoms with van der Waals surface area (Å²) in [5.41, 5.74) is 2.24. The maximum absolute atomic E-state index is 11.6. The summed E-state index contributed by atoms with van der Waals surface area (Å²) >= 11 is 0. The fourth-order valence-electron chi connectivity index (χ4n) is 1.89. The van der Waals surface area contributed by atoms with E-state index in [1.165, 1.54) is 0 Å². The maximum atomic E-state index is 11.6. The first-order valence-electron chi connectivity index (χ1n) is 6.97. The Labute approximate surface area is 133 Å². The Balaban J connectivity index is 2.08. The van der Waals surface area contributed by atoms with E-state index in [4.69, 9.17) is 14.6 Å². The van der Waals surface area contributed by atoms with Crippen molar-refractivity contribution >= 4 is 11.9 Å². The van der Waals surface area contributed by atoms with E-state index in [1.54, 1.807) is 36.4 Å². The van der Waals surface area contributed by atoms with E-state index in [2.05, 4.69) is 6.58 Å². The monoisotopic (exact) mass is 312 g/mol. The number of carbonyl (C=O) groups is 2. The first-order valence-corrected chi connectivity index (χ1v) is 6.97. The van der Waals surface area contributed by atoms with Gasteiger partial charge in [0, 0.05) is 6.08 Å². The molecule has 0 spiro atoms. The average Bonchev–Trinajstić information content (AvgIpc) is 2.60. The SMILES string of the molecule is C=CC(=O)Oc1ccc(-c2ccc(C(=O)OCCO)cc2)cc1. The number of esters is 2. The van der Waals surface area contributed by atoms with Crippen LogP contribution in [0.5, 0.6) is 5.75 Å². The van der Waals surface area contributed by atoms with Crippen LogP contribution in [0.3, 0.4) is 0 Å². The highest BCUT2D eigenvalue weighted by molar-refractivity contribution is 5.90. The molecule has 0 aliphatic rings. The number of hydrogen-bond donors (Lipinski definition) is 1. The second kappa shape index (κ2) is 7.91.